The maximum Gasteiger partial charge on any atom is 0.341 e. The summed E-state index contributed by atoms with van der Waals surface area (Å²) in [6.45, 7) is -0.379. The summed E-state index contributed by atoms with van der Waals surface area (Å²) in [4.78, 5) is 19.4. The lowest BCUT2D eigenvalue weighted by Gasteiger charge is -2.06. The van der Waals surface area contributed by atoms with Gasteiger partial charge in [-0.3, -0.25) is 0 Å². The number of fused-ring (bicyclic) bond motifs is 1. The first-order valence-corrected chi connectivity index (χ1v) is 7.28. The molecule has 0 amide bonds. The van der Waals surface area contributed by atoms with Crippen LogP contribution in [0.5, 0.6) is 5.75 Å². The average Bonchev–Trinajstić information content (AvgIpc) is 2.52. The summed E-state index contributed by atoms with van der Waals surface area (Å²) in [6, 6.07) is 12.8. The number of aromatic nitrogens is 2. The van der Waals surface area contributed by atoms with Gasteiger partial charge in [0.05, 0.1) is 5.52 Å². The van der Waals surface area contributed by atoms with E-state index in [1.165, 1.54) is 0 Å². The maximum absolute atomic E-state index is 10.5. The molecule has 6 heteroatoms. The van der Waals surface area contributed by atoms with Gasteiger partial charge in [0, 0.05) is 21.6 Å². The average molecular weight is 359 g/mol. The van der Waals surface area contributed by atoms with Crippen LogP contribution < -0.4 is 4.74 Å². The van der Waals surface area contributed by atoms with Gasteiger partial charge in [0.1, 0.15) is 5.75 Å². The van der Waals surface area contributed by atoms with Gasteiger partial charge in [-0.15, -0.1) is 0 Å². The molecule has 1 aromatic heterocycles. The van der Waals surface area contributed by atoms with Crippen LogP contribution >= 0.6 is 15.9 Å². The van der Waals surface area contributed by atoms with Crippen LogP contribution in [-0.2, 0) is 4.79 Å². The fraction of sp³-hybridized carbons (Fsp3) is 0.0625. The zero-order valence-electron chi connectivity index (χ0n) is 11.4. The van der Waals surface area contributed by atoms with Gasteiger partial charge in [0.2, 0.25) is 0 Å². The summed E-state index contributed by atoms with van der Waals surface area (Å²) in [5.74, 6) is 0.0212. The number of ether oxygens (including phenoxy) is 1. The highest BCUT2D eigenvalue weighted by atomic mass is 79.9. The van der Waals surface area contributed by atoms with Crippen LogP contribution in [0, 0.1) is 0 Å². The Morgan fingerprint density at radius 3 is 2.91 bits per heavy atom. The molecule has 0 aliphatic rings. The zero-order chi connectivity index (χ0) is 15.5. The van der Waals surface area contributed by atoms with Crippen molar-refractivity contribution in [2.75, 3.05) is 6.61 Å². The molecule has 0 radical (unpaired) electrons. The third-order valence-electron chi connectivity index (χ3n) is 3.00. The van der Waals surface area contributed by atoms with E-state index in [9.17, 15) is 4.79 Å². The Balaban J connectivity index is 1.94. The Hall–Kier alpha value is -2.47. The lowest BCUT2D eigenvalue weighted by Crippen LogP contribution is -2.09. The van der Waals surface area contributed by atoms with Gasteiger partial charge in [-0.05, 0) is 30.3 Å². The van der Waals surface area contributed by atoms with E-state index in [0.29, 0.717) is 11.6 Å². The molecule has 1 heterocycles. The molecule has 22 heavy (non-hydrogen) atoms. The first kappa shape index (κ1) is 14.5. The largest absolute Gasteiger partial charge is 0.482 e. The van der Waals surface area contributed by atoms with Crippen molar-refractivity contribution in [3.63, 3.8) is 0 Å². The Morgan fingerprint density at radius 2 is 2.09 bits per heavy atom. The molecule has 2 aromatic carbocycles. The zero-order valence-corrected chi connectivity index (χ0v) is 12.9. The molecule has 0 bridgehead atoms. The van der Waals surface area contributed by atoms with E-state index in [0.717, 1.165) is 20.9 Å². The lowest BCUT2D eigenvalue weighted by atomic mass is 10.2. The molecule has 1 N–H and O–H groups in total. The minimum absolute atomic E-state index is 0.379. The topological polar surface area (TPSA) is 72.3 Å². The SMILES string of the molecule is O=C(O)COc1cccc(-c2ncc3cc(Br)ccc3n2)c1. The Kier molecular flexibility index (Phi) is 4.02. The molecule has 0 aliphatic heterocycles. The van der Waals surface area contributed by atoms with Crippen molar-refractivity contribution >= 4 is 32.8 Å². The molecule has 0 saturated heterocycles. The number of rotatable bonds is 4. The molecule has 0 unspecified atom stereocenters. The third kappa shape index (κ3) is 3.23. The van der Waals surface area contributed by atoms with Gasteiger partial charge < -0.3 is 9.84 Å². The Labute approximate surface area is 134 Å². The van der Waals surface area contributed by atoms with Crippen molar-refractivity contribution in [1.82, 2.24) is 9.97 Å². The number of benzene rings is 2. The predicted molar refractivity (Wildman–Crippen MR) is 85.8 cm³/mol. The minimum atomic E-state index is -1.02. The standard InChI is InChI=1S/C16H11BrN2O3/c17-12-4-5-14-11(6-12)8-18-16(19-14)10-2-1-3-13(7-10)22-9-15(20)21/h1-8H,9H2,(H,20,21). The van der Waals surface area contributed by atoms with Gasteiger partial charge in [0.25, 0.3) is 0 Å². The molecule has 3 rings (SSSR count). The summed E-state index contributed by atoms with van der Waals surface area (Å²) in [6.07, 6.45) is 1.76. The second-order valence-corrected chi connectivity index (χ2v) is 5.52. The number of hydrogen-bond donors (Lipinski definition) is 1. The lowest BCUT2D eigenvalue weighted by molar-refractivity contribution is -0.139. The van der Waals surface area contributed by atoms with E-state index in [1.807, 2.05) is 24.3 Å². The van der Waals surface area contributed by atoms with Gasteiger partial charge in [-0.1, -0.05) is 28.1 Å². The fourth-order valence-electron chi connectivity index (χ4n) is 2.01. The van der Waals surface area contributed by atoms with Crippen LogP contribution in [0.4, 0.5) is 0 Å². The molecule has 3 aromatic rings. The highest BCUT2D eigenvalue weighted by molar-refractivity contribution is 9.10. The summed E-state index contributed by atoms with van der Waals surface area (Å²) in [5, 5.41) is 9.59. The van der Waals surface area contributed by atoms with Crippen LogP contribution in [0.15, 0.2) is 53.1 Å². The van der Waals surface area contributed by atoms with Crippen molar-refractivity contribution in [2.45, 2.75) is 0 Å². The van der Waals surface area contributed by atoms with E-state index in [-0.39, 0.29) is 6.61 Å². The summed E-state index contributed by atoms with van der Waals surface area (Å²) in [7, 11) is 0. The third-order valence-corrected chi connectivity index (χ3v) is 3.49. The summed E-state index contributed by atoms with van der Waals surface area (Å²) < 4.78 is 6.14. The molecule has 0 fully saturated rings. The van der Waals surface area contributed by atoms with E-state index >= 15 is 0 Å². The van der Waals surface area contributed by atoms with E-state index < -0.39 is 5.97 Å². The van der Waals surface area contributed by atoms with Crippen molar-refractivity contribution in [1.29, 1.82) is 0 Å². The van der Waals surface area contributed by atoms with Crippen molar-refractivity contribution in [3.05, 3.63) is 53.1 Å². The Morgan fingerprint density at radius 1 is 1.23 bits per heavy atom. The summed E-state index contributed by atoms with van der Waals surface area (Å²) >= 11 is 3.41. The molecule has 0 atom stereocenters. The van der Waals surface area contributed by atoms with E-state index in [1.54, 1.807) is 24.4 Å². The fourth-order valence-corrected chi connectivity index (χ4v) is 2.39. The van der Waals surface area contributed by atoms with Crippen LogP contribution in [0.1, 0.15) is 0 Å². The van der Waals surface area contributed by atoms with Crippen LogP contribution in [0.3, 0.4) is 0 Å². The highest BCUT2D eigenvalue weighted by Crippen LogP contribution is 2.24. The number of carbonyl (C=O) groups is 1. The van der Waals surface area contributed by atoms with Gasteiger partial charge in [0.15, 0.2) is 12.4 Å². The van der Waals surface area contributed by atoms with Crippen molar-refractivity contribution in [3.8, 4) is 17.1 Å². The van der Waals surface area contributed by atoms with Crippen molar-refractivity contribution < 1.29 is 14.6 Å². The predicted octanol–water partition coefficient (Wildman–Crippen LogP) is 3.52. The normalized spacial score (nSPS) is 10.6. The number of aliphatic carboxylic acids is 1. The monoisotopic (exact) mass is 358 g/mol. The number of carboxylic acid groups (broad SMARTS) is 1. The summed E-state index contributed by atoms with van der Waals surface area (Å²) in [5.41, 5.74) is 1.61. The van der Waals surface area contributed by atoms with Gasteiger partial charge >= 0.3 is 5.97 Å². The molecular formula is C16H11BrN2O3. The minimum Gasteiger partial charge on any atom is -0.482 e. The maximum atomic E-state index is 10.5. The van der Waals surface area contributed by atoms with Crippen LogP contribution in [0.25, 0.3) is 22.3 Å². The van der Waals surface area contributed by atoms with Crippen molar-refractivity contribution in [2.24, 2.45) is 0 Å². The quantitative estimate of drug-likeness (QED) is 0.772. The highest BCUT2D eigenvalue weighted by Gasteiger charge is 2.06. The molecule has 0 saturated carbocycles. The first-order chi connectivity index (χ1) is 10.6. The molecular weight excluding hydrogens is 348 g/mol. The molecule has 0 spiro atoms. The molecule has 5 nitrogen and oxygen atoms in total. The molecule has 0 aliphatic carbocycles. The van der Waals surface area contributed by atoms with E-state index in [4.69, 9.17) is 9.84 Å². The second-order valence-electron chi connectivity index (χ2n) is 4.61. The number of nitrogens with zero attached hydrogens (tertiary/aromatic N) is 2. The van der Waals surface area contributed by atoms with Crippen LogP contribution in [0.2, 0.25) is 0 Å². The Bertz CT molecular complexity index is 852. The second kappa shape index (κ2) is 6.11. The van der Waals surface area contributed by atoms with Gasteiger partial charge in [-0.2, -0.15) is 0 Å². The molecule has 110 valence electrons. The number of halogens is 1. The smallest absolute Gasteiger partial charge is 0.341 e. The number of carboxylic acids is 1. The van der Waals surface area contributed by atoms with Gasteiger partial charge in [-0.25, -0.2) is 14.8 Å². The first-order valence-electron chi connectivity index (χ1n) is 6.49. The van der Waals surface area contributed by atoms with E-state index in [2.05, 4.69) is 25.9 Å². The number of hydrogen-bond acceptors (Lipinski definition) is 4. The van der Waals surface area contributed by atoms with Crippen LogP contribution in [-0.4, -0.2) is 27.7 Å².